The Bertz CT molecular complexity index is 999. The number of pyridine rings is 1. The van der Waals surface area contributed by atoms with Gasteiger partial charge in [-0.3, -0.25) is 9.59 Å². The number of aromatic amines is 1. The molecule has 1 aromatic heterocycles. The molecule has 3 rings (SSSR count). The van der Waals surface area contributed by atoms with Crippen molar-refractivity contribution < 1.29 is 18.7 Å². The number of aromatic nitrogens is 1. The van der Waals surface area contributed by atoms with Crippen LogP contribution in [-0.2, 0) is 6.54 Å². The molecule has 0 saturated carbocycles. The van der Waals surface area contributed by atoms with Gasteiger partial charge in [-0.25, -0.2) is 8.78 Å². The molecular weight excluding hydrogens is 318 g/mol. The van der Waals surface area contributed by atoms with Gasteiger partial charge in [0, 0.05) is 29.1 Å². The van der Waals surface area contributed by atoms with Gasteiger partial charge in [-0.2, -0.15) is 0 Å². The molecule has 3 aromatic rings. The highest BCUT2D eigenvalue weighted by molar-refractivity contribution is 5.97. The lowest BCUT2D eigenvalue weighted by atomic mass is 10.1. The molecule has 3 N–H and O–H groups in total. The predicted molar refractivity (Wildman–Crippen MR) is 83.8 cm³/mol. The normalized spacial score (nSPS) is 10.8. The van der Waals surface area contributed by atoms with Gasteiger partial charge in [0.25, 0.3) is 11.5 Å². The van der Waals surface area contributed by atoms with Crippen LogP contribution in [0.5, 0.6) is 5.75 Å². The number of carbonyl (C=O) groups is 1. The minimum atomic E-state index is -0.785. The molecule has 0 unspecified atom stereocenters. The van der Waals surface area contributed by atoms with Crippen LogP contribution in [0.15, 0.2) is 47.3 Å². The van der Waals surface area contributed by atoms with Crippen LogP contribution < -0.4 is 10.9 Å². The van der Waals surface area contributed by atoms with Gasteiger partial charge < -0.3 is 15.4 Å². The van der Waals surface area contributed by atoms with Crippen molar-refractivity contribution in [2.45, 2.75) is 6.54 Å². The quantitative estimate of drug-likeness (QED) is 0.690. The van der Waals surface area contributed by atoms with Crippen molar-refractivity contribution in [3.63, 3.8) is 0 Å². The Labute approximate surface area is 134 Å². The van der Waals surface area contributed by atoms with E-state index < -0.39 is 23.1 Å². The number of H-pyrrole nitrogens is 1. The van der Waals surface area contributed by atoms with Gasteiger partial charge in [0.2, 0.25) is 0 Å². The Morgan fingerprint density at radius 3 is 2.67 bits per heavy atom. The van der Waals surface area contributed by atoms with Crippen molar-refractivity contribution in [2.75, 3.05) is 0 Å². The van der Waals surface area contributed by atoms with Crippen LogP contribution in [-0.4, -0.2) is 16.0 Å². The molecule has 0 aliphatic rings. The maximum absolute atomic E-state index is 13.5. The molecule has 2 aromatic carbocycles. The van der Waals surface area contributed by atoms with Crippen LogP contribution in [0.4, 0.5) is 8.78 Å². The van der Waals surface area contributed by atoms with E-state index in [1.54, 1.807) is 0 Å². The number of phenolic OH excluding ortho intramolecular Hbond substituents is 1. The van der Waals surface area contributed by atoms with E-state index in [9.17, 15) is 23.5 Å². The van der Waals surface area contributed by atoms with Crippen molar-refractivity contribution >= 4 is 16.8 Å². The molecule has 0 aliphatic carbocycles. The van der Waals surface area contributed by atoms with Crippen LogP contribution in [0.25, 0.3) is 10.9 Å². The molecular formula is C17H12F2N2O3. The third-order valence-corrected chi connectivity index (χ3v) is 3.53. The number of rotatable bonds is 3. The van der Waals surface area contributed by atoms with Gasteiger partial charge in [0.05, 0.1) is 0 Å². The third kappa shape index (κ3) is 3.10. The Balaban J connectivity index is 1.85. The van der Waals surface area contributed by atoms with E-state index in [0.717, 1.165) is 6.07 Å². The molecule has 0 aliphatic heterocycles. The monoisotopic (exact) mass is 330 g/mol. The van der Waals surface area contributed by atoms with E-state index in [-0.39, 0.29) is 23.4 Å². The Kier molecular flexibility index (Phi) is 3.99. The molecule has 24 heavy (non-hydrogen) atoms. The molecule has 7 heteroatoms. The van der Waals surface area contributed by atoms with E-state index in [1.165, 1.54) is 30.3 Å². The first-order valence-corrected chi connectivity index (χ1v) is 7.02. The molecule has 0 saturated heterocycles. The van der Waals surface area contributed by atoms with Crippen molar-refractivity contribution in [3.8, 4) is 5.75 Å². The summed E-state index contributed by atoms with van der Waals surface area (Å²) in [6, 6.07) is 8.68. The first kappa shape index (κ1) is 15.7. The van der Waals surface area contributed by atoms with E-state index in [4.69, 9.17) is 0 Å². The van der Waals surface area contributed by atoms with Crippen LogP contribution in [0, 0.1) is 11.6 Å². The molecule has 0 bridgehead atoms. The van der Waals surface area contributed by atoms with Crippen molar-refractivity contribution in [3.05, 3.63) is 75.6 Å². The summed E-state index contributed by atoms with van der Waals surface area (Å²) in [4.78, 5) is 26.7. The maximum Gasteiger partial charge on any atom is 0.261 e. The summed E-state index contributed by atoms with van der Waals surface area (Å²) in [6.07, 6.45) is 0. The zero-order valence-corrected chi connectivity index (χ0v) is 12.3. The number of hydrogen-bond acceptors (Lipinski definition) is 3. The molecule has 5 nitrogen and oxygen atoms in total. The SMILES string of the molecule is O=C(NCc1ccc(F)cc1F)c1cc2cc(O)ccc2[nH]c1=O. The number of hydrogen-bond donors (Lipinski definition) is 3. The fraction of sp³-hybridized carbons (Fsp3) is 0.0588. The lowest BCUT2D eigenvalue weighted by Crippen LogP contribution is -2.29. The van der Waals surface area contributed by atoms with Gasteiger partial charge in [-0.05, 0) is 30.3 Å². The van der Waals surface area contributed by atoms with Crippen LogP contribution >= 0.6 is 0 Å². The van der Waals surface area contributed by atoms with E-state index >= 15 is 0 Å². The van der Waals surface area contributed by atoms with E-state index in [2.05, 4.69) is 10.3 Å². The smallest absolute Gasteiger partial charge is 0.261 e. The zero-order valence-electron chi connectivity index (χ0n) is 12.3. The molecule has 1 amide bonds. The highest BCUT2D eigenvalue weighted by Crippen LogP contribution is 2.17. The second-order valence-electron chi connectivity index (χ2n) is 5.20. The predicted octanol–water partition coefficient (Wildman–Crippen LogP) is 2.44. The standard InChI is InChI=1S/C17H12F2N2O3/c18-11-2-1-9(14(19)7-11)8-20-16(23)13-6-10-5-12(22)3-4-15(10)21-17(13)24/h1-7,22H,8H2,(H,20,23)(H,21,24). The second kappa shape index (κ2) is 6.11. The largest absolute Gasteiger partial charge is 0.508 e. The topological polar surface area (TPSA) is 82.2 Å². The van der Waals surface area contributed by atoms with Gasteiger partial charge in [0.1, 0.15) is 22.9 Å². The summed E-state index contributed by atoms with van der Waals surface area (Å²) in [5, 5.41) is 12.4. The first-order chi connectivity index (χ1) is 11.4. The number of benzene rings is 2. The second-order valence-corrected chi connectivity index (χ2v) is 5.20. The summed E-state index contributed by atoms with van der Waals surface area (Å²) in [7, 11) is 0. The minimum Gasteiger partial charge on any atom is -0.508 e. The lowest BCUT2D eigenvalue weighted by molar-refractivity contribution is 0.0949. The van der Waals surface area contributed by atoms with Gasteiger partial charge in [0.15, 0.2) is 0 Å². The van der Waals surface area contributed by atoms with Gasteiger partial charge >= 0.3 is 0 Å². The lowest BCUT2D eigenvalue weighted by Gasteiger charge is -2.07. The fourth-order valence-electron chi connectivity index (χ4n) is 2.30. The number of fused-ring (bicyclic) bond motifs is 1. The first-order valence-electron chi connectivity index (χ1n) is 7.02. The number of amides is 1. The molecule has 0 fully saturated rings. The minimum absolute atomic E-state index is 0.00529. The fourth-order valence-corrected chi connectivity index (χ4v) is 2.30. The van der Waals surface area contributed by atoms with Crippen molar-refractivity contribution in [1.29, 1.82) is 0 Å². The van der Waals surface area contributed by atoms with Crippen molar-refractivity contribution in [2.24, 2.45) is 0 Å². The summed E-state index contributed by atoms with van der Waals surface area (Å²) >= 11 is 0. The molecule has 0 radical (unpaired) electrons. The molecule has 0 spiro atoms. The Morgan fingerprint density at radius 1 is 1.12 bits per heavy atom. The van der Waals surface area contributed by atoms with Gasteiger partial charge in [-0.1, -0.05) is 6.07 Å². The van der Waals surface area contributed by atoms with Crippen LogP contribution in [0.3, 0.4) is 0 Å². The number of halogens is 2. The van der Waals surface area contributed by atoms with Gasteiger partial charge in [-0.15, -0.1) is 0 Å². The van der Waals surface area contributed by atoms with E-state index in [0.29, 0.717) is 17.0 Å². The molecule has 1 heterocycles. The average molecular weight is 330 g/mol. The summed E-state index contributed by atoms with van der Waals surface area (Å²) in [5.74, 6) is -2.21. The maximum atomic E-state index is 13.5. The third-order valence-electron chi connectivity index (χ3n) is 3.53. The number of aromatic hydroxyl groups is 1. The van der Waals surface area contributed by atoms with Crippen molar-refractivity contribution in [1.82, 2.24) is 10.3 Å². The van der Waals surface area contributed by atoms with Crippen LogP contribution in [0.1, 0.15) is 15.9 Å². The number of nitrogens with one attached hydrogen (secondary N) is 2. The van der Waals surface area contributed by atoms with Crippen LogP contribution in [0.2, 0.25) is 0 Å². The highest BCUT2D eigenvalue weighted by Gasteiger charge is 2.13. The summed E-state index contributed by atoms with van der Waals surface area (Å²) in [5.41, 5.74) is -0.209. The number of phenols is 1. The average Bonchev–Trinajstić information content (AvgIpc) is 2.53. The Hall–Kier alpha value is -3.22. The highest BCUT2D eigenvalue weighted by atomic mass is 19.1. The molecule has 0 atom stereocenters. The summed E-state index contributed by atoms with van der Waals surface area (Å²) < 4.78 is 26.4. The number of carbonyl (C=O) groups excluding carboxylic acids is 1. The Morgan fingerprint density at radius 2 is 1.92 bits per heavy atom. The zero-order chi connectivity index (χ0) is 17.3. The van der Waals surface area contributed by atoms with E-state index in [1.807, 2.05) is 0 Å². The summed E-state index contributed by atoms with van der Waals surface area (Å²) in [6.45, 7) is -0.192. The molecule has 122 valence electrons.